The van der Waals surface area contributed by atoms with Crippen LogP contribution in [0.2, 0.25) is 0 Å². The van der Waals surface area contributed by atoms with Gasteiger partial charge in [0.25, 0.3) is 0 Å². The van der Waals surface area contributed by atoms with Crippen molar-refractivity contribution in [3.63, 3.8) is 0 Å². The predicted octanol–water partition coefficient (Wildman–Crippen LogP) is 3.04. The topological polar surface area (TPSA) is 47.7 Å². The van der Waals surface area contributed by atoms with Gasteiger partial charge < -0.3 is 0 Å². The van der Waals surface area contributed by atoms with Crippen molar-refractivity contribution in [3.05, 3.63) is 47.6 Å². The third kappa shape index (κ3) is 2.16. The maximum absolute atomic E-state index is 7.71. The van der Waals surface area contributed by atoms with Gasteiger partial charge in [-0.15, -0.1) is 0 Å². The number of hydrogen-bond acceptors (Lipinski definition) is 2. The van der Waals surface area contributed by atoms with Gasteiger partial charge in [0.1, 0.15) is 0 Å². The molecular formula is C12H14N2. The van der Waals surface area contributed by atoms with E-state index < -0.39 is 0 Å². The minimum Gasteiger partial charge on any atom is -0.298 e. The monoisotopic (exact) mass is 186 g/mol. The van der Waals surface area contributed by atoms with Crippen molar-refractivity contribution in [1.82, 2.24) is 0 Å². The SMILES string of the molecule is CC=CC=CC1=CC=C(C)C(=N)C1=N. The highest BCUT2D eigenvalue weighted by Gasteiger charge is 2.13. The Bertz CT molecular complexity index is 379. The summed E-state index contributed by atoms with van der Waals surface area (Å²) in [4.78, 5) is 0. The summed E-state index contributed by atoms with van der Waals surface area (Å²) >= 11 is 0. The third-order valence-corrected chi connectivity index (χ3v) is 2.03. The molecule has 0 unspecified atom stereocenters. The lowest BCUT2D eigenvalue weighted by atomic mass is 9.95. The molecular weight excluding hydrogens is 172 g/mol. The van der Waals surface area contributed by atoms with Gasteiger partial charge in [-0.3, -0.25) is 10.8 Å². The van der Waals surface area contributed by atoms with Crippen LogP contribution in [0.15, 0.2) is 47.6 Å². The molecule has 0 aliphatic heterocycles. The van der Waals surface area contributed by atoms with Gasteiger partial charge in [0, 0.05) is 5.57 Å². The Morgan fingerprint density at radius 3 is 2.43 bits per heavy atom. The minimum absolute atomic E-state index is 0.297. The lowest BCUT2D eigenvalue weighted by Crippen LogP contribution is -2.17. The number of hydrogen-bond donors (Lipinski definition) is 2. The molecule has 0 amide bonds. The zero-order chi connectivity index (χ0) is 10.6. The van der Waals surface area contributed by atoms with Crippen LogP contribution >= 0.6 is 0 Å². The predicted molar refractivity (Wildman–Crippen MR) is 61.2 cm³/mol. The lowest BCUT2D eigenvalue weighted by molar-refractivity contribution is 1.41. The molecule has 0 heterocycles. The summed E-state index contributed by atoms with van der Waals surface area (Å²) in [5.74, 6) is 0. The first-order valence-corrected chi connectivity index (χ1v) is 4.53. The van der Waals surface area contributed by atoms with E-state index in [9.17, 15) is 0 Å². The van der Waals surface area contributed by atoms with Gasteiger partial charge in [-0.25, -0.2) is 0 Å². The molecule has 1 aliphatic rings. The van der Waals surface area contributed by atoms with E-state index in [-0.39, 0.29) is 0 Å². The molecule has 2 N–H and O–H groups in total. The average Bonchev–Trinajstić information content (AvgIpc) is 2.18. The molecule has 0 bridgehead atoms. The highest BCUT2D eigenvalue weighted by atomic mass is 14.5. The highest BCUT2D eigenvalue weighted by molar-refractivity contribution is 6.52. The molecule has 72 valence electrons. The standard InChI is InChI=1S/C12H14N2/c1-3-4-5-6-10-8-7-9(2)11(13)12(10)14/h3-8,13-14H,1-2H3. The summed E-state index contributed by atoms with van der Waals surface area (Å²) in [5.41, 5.74) is 2.25. The molecule has 2 nitrogen and oxygen atoms in total. The van der Waals surface area contributed by atoms with Gasteiger partial charge in [-0.1, -0.05) is 36.5 Å². The first-order chi connectivity index (χ1) is 6.66. The molecule has 0 saturated heterocycles. The summed E-state index contributed by atoms with van der Waals surface area (Å²) in [6, 6.07) is 0. The summed E-state index contributed by atoms with van der Waals surface area (Å²) in [6.45, 7) is 3.79. The summed E-state index contributed by atoms with van der Waals surface area (Å²) in [7, 11) is 0. The van der Waals surface area contributed by atoms with E-state index in [1.807, 2.05) is 50.3 Å². The van der Waals surface area contributed by atoms with Crippen LogP contribution < -0.4 is 0 Å². The van der Waals surface area contributed by atoms with E-state index in [1.54, 1.807) is 0 Å². The molecule has 14 heavy (non-hydrogen) atoms. The van der Waals surface area contributed by atoms with E-state index in [4.69, 9.17) is 10.8 Å². The molecule has 0 radical (unpaired) electrons. The quantitative estimate of drug-likeness (QED) is 0.492. The highest BCUT2D eigenvalue weighted by Crippen LogP contribution is 2.12. The molecule has 0 atom stereocenters. The van der Waals surface area contributed by atoms with Crippen LogP contribution in [0.5, 0.6) is 0 Å². The second kappa shape index (κ2) is 4.51. The zero-order valence-electron chi connectivity index (χ0n) is 8.46. The summed E-state index contributed by atoms with van der Waals surface area (Å²) < 4.78 is 0. The third-order valence-electron chi connectivity index (χ3n) is 2.03. The van der Waals surface area contributed by atoms with Crippen LogP contribution in [0.25, 0.3) is 0 Å². The molecule has 0 spiro atoms. The second-order valence-electron chi connectivity index (χ2n) is 3.11. The minimum atomic E-state index is 0.297. The van der Waals surface area contributed by atoms with E-state index in [0.29, 0.717) is 11.4 Å². The summed E-state index contributed by atoms with van der Waals surface area (Å²) in [6.07, 6.45) is 11.3. The van der Waals surface area contributed by atoms with E-state index in [0.717, 1.165) is 11.1 Å². The molecule has 2 heteroatoms. The van der Waals surface area contributed by atoms with Gasteiger partial charge in [0.2, 0.25) is 0 Å². The van der Waals surface area contributed by atoms with Gasteiger partial charge >= 0.3 is 0 Å². The Kier molecular flexibility index (Phi) is 3.35. The van der Waals surface area contributed by atoms with Crippen LogP contribution in [0, 0.1) is 10.8 Å². The fourth-order valence-electron chi connectivity index (χ4n) is 1.13. The Labute approximate surface area is 84.4 Å². The molecule has 0 saturated carbocycles. The van der Waals surface area contributed by atoms with E-state index in [2.05, 4.69) is 0 Å². The van der Waals surface area contributed by atoms with Crippen molar-refractivity contribution >= 4 is 11.4 Å². The number of allylic oxidation sites excluding steroid dienone is 8. The van der Waals surface area contributed by atoms with Crippen molar-refractivity contribution in [2.45, 2.75) is 13.8 Å². The van der Waals surface area contributed by atoms with Crippen molar-refractivity contribution in [2.75, 3.05) is 0 Å². The number of nitrogens with one attached hydrogen (secondary N) is 2. The van der Waals surface area contributed by atoms with Gasteiger partial charge in [0.05, 0.1) is 11.4 Å². The number of rotatable bonds is 2. The van der Waals surface area contributed by atoms with E-state index >= 15 is 0 Å². The van der Waals surface area contributed by atoms with Crippen LogP contribution in [0.4, 0.5) is 0 Å². The van der Waals surface area contributed by atoms with Gasteiger partial charge in [-0.2, -0.15) is 0 Å². The van der Waals surface area contributed by atoms with Crippen LogP contribution in [0.3, 0.4) is 0 Å². The second-order valence-corrected chi connectivity index (χ2v) is 3.11. The maximum atomic E-state index is 7.71. The molecule has 0 aromatic carbocycles. The Balaban J connectivity index is 2.91. The summed E-state index contributed by atoms with van der Waals surface area (Å²) in [5, 5.41) is 15.3. The molecule has 0 fully saturated rings. The normalized spacial score (nSPS) is 17.9. The molecule has 0 aromatic rings. The lowest BCUT2D eigenvalue weighted by Gasteiger charge is -2.11. The molecule has 1 aliphatic carbocycles. The fraction of sp³-hybridized carbons (Fsp3) is 0.167. The fourth-order valence-corrected chi connectivity index (χ4v) is 1.13. The first kappa shape index (κ1) is 10.4. The Morgan fingerprint density at radius 2 is 1.79 bits per heavy atom. The van der Waals surface area contributed by atoms with Gasteiger partial charge in [0.15, 0.2) is 0 Å². The van der Waals surface area contributed by atoms with Crippen molar-refractivity contribution in [2.24, 2.45) is 0 Å². The molecule has 0 aromatic heterocycles. The van der Waals surface area contributed by atoms with Crippen molar-refractivity contribution in [1.29, 1.82) is 10.8 Å². The largest absolute Gasteiger partial charge is 0.298 e. The average molecular weight is 186 g/mol. The smallest absolute Gasteiger partial charge is 0.0864 e. The van der Waals surface area contributed by atoms with Crippen LogP contribution in [-0.4, -0.2) is 11.4 Å². The van der Waals surface area contributed by atoms with Crippen LogP contribution in [-0.2, 0) is 0 Å². The van der Waals surface area contributed by atoms with Crippen molar-refractivity contribution in [3.8, 4) is 0 Å². The molecule has 1 rings (SSSR count). The van der Waals surface area contributed by atoms with E-state index in [1.165, 1.54) is 0 Å². The van der Waals surface area contributed by atoms with Gasteiger partial charge in [-0.05, 0) is 19.4 Å². The zero-order valence-corrected chi connectivity index (χ0v) is 8.46. The first-order valence-electron chi connectivity index (χ1n) is 4.53. The Hall–Kier alpha value is -1.70. The van der Waals surface area contributed by atoms with Crippen molar-refractivity contribution < 1.29 is 0 Å². The maximum Gasteiger partial charge on any atom is 0.0864 e. The Morgan fingerprint density at radius 1 is 1.07 bits per heavy atom. The van der Waals surface area contributed by atoms with Crippen LogP contribution in [0.1, 0.15) is 13.8 Å².